The highest BCUT2D eigenvalue weighted by molar-refractivity contribution is 4.80. The lowest BCUT2D eigenvalue weighted by Gasteiger charge is -2.35. The highest BCUT2D eigenvalue weighted by Crippen LogP contribution is 2.24. The number of nitrogens with one attached hydrogen (secondary N) is 1. The van der Waals surface area contributed by atoms with Crippen LogP contribution < -0.4 is 5.32 Å². The molecule has 0 radical (unpaired) electrons. The molecule has 0 saturated heterocycles. The first-order valence-electron chi connectivity index (χ1n) is 8.01. The van der Waals surface area contributed by atoms with Gasteiger partial charge in [-0.1, -0.05) is 41.0 Å². The Hall–Kier alpha value is -0.120. The van der Waals surface area contributed by atoms with Gasteiger partial charge in [0.15, 0.2) is 0 Å². The van der Waals surface area contributed by atoms with Crippen molar-refractivity contribution in [3.63, 3.8) is 0 Å². The third-order valence-corrected chi connectivity index (χ3v) is 3.64. The molecule has 1 unspecified atom stereocenters. The van der Waals surface area contributed by atoms with Gasteiger partial charge in [-0.15, -0.1) is 0 Å². The highest BCUT2D eigenvalue weighted by atomic mass is 16.3. The van der Waals surface area contributed by atoms with Gasteiger partial charge >= 0.3 is 0 Å². The van der Waals surface area contributed by atoms with Gasteiger partial charge in [-0.25, -0.2) is 0 Å². The summed E-state index contributed by atoms with van der Waals surface area (Å²) in [7, 11) is 0. The van der Waals surface area contributed by atoms with Gasteiger partial charge < -0.3 is 15.3 Å². The van der Waals surface area contributed by atoms with Crippen molar-refractivity contribution in [2.45, 2.75) is 53.9 Å². The Kier molecular flexibility index (Phi) is 10.6. The van der Waals surface area contributed by atoms with E-state index in [9.17, 15) is 0 Å². The molecule has 0 spiro atoms. The maximum absolute atomic E-state index is 8.98. The van der Waals surface area contributed by atoms with Gasteiger partial charge in [0.2, 0.25) is 0 Å². The number of hydrogen-bond donors (Lipinski definition) is 2. The molecule has 0 bridgehead atoms. The maximum Gasteiger partial charge on any atom is 0.0443 e. The van der Waals surface area contributed by atoms with Gasteiger partial charge in [0.25, 0.3) is 0 Å². The molecule has 116 valence electrons. The SMILES string of the molecule is CCCC(C)(CNCC(C)C)CN(CC)CCCO. The van der Waals surface area contributed by atoms with Crippen LogP contribution in [0.5, 0.6) is 0 Å². The standard InChI is InChI=1S/C16H36N2O/c1-6-9-16(5,13-17-12-15(3)4)14-18(7-2)10-8-11-19/h15,17,19H,6-14H2,1-5H3. The van der Waals surface area contributed by atoms with Gasteiger partial charge in [0, 0.05) is 26.2 Å². The fraction of sp³-hybridized carbons (Fsp3) is 1.00. The van der Waals surface area contributed by atoms with Gasteiger partial charge in [0.1, 0.15) is 0 Å². The third kappa shape index (κ3) is 9.42. The number of nitrogens with zero attached hydrogens (tertiary/aromatic N) is 1. The smallest absolute Gasteiger partial charge is 0.0443 e. The van der Waals surface area contributed by atoms with Crippen molar-refractivity contribution >= 4 is 0 Å². The van der Waals surface area contributed by atoms with Crippen molar-refractivity contribution in [1.29, 1.82) is 0 Å². The molecule has 0 aliphatic carbocycles. The quantitative estimate of drug-likeness (QED) is 0.573. The Balaban J connectivity index is 4.31. The summed E-state index contributed by atoms with van der Waals surface area (Å²) in [6.07, 6.45) is 3.38. The van der Waals surface area contributed by atoms with Crippen molar-refractivity contribution < 1.29 is 5.11 Å². The molecule has 0 rings (SSSR count). The zero-order valence-corrected chi connectivity index (χ0v) is 13.8. The Labute approximate surface area is 120 Å². The fourth-order valence-corrected chi connectivity index (χ4v) is 2.67. The Bertz CT molecular complexity index is 209. The fourth-order valence-electron chi connectivity index (χ4n) is 2.67. The average molecular weight is 272 g/mol. The van der Waals surface area contributed by atoms with Crippen molar-refractivity contribution in [3.05, 3.63) is 0 Å². The van der Waals surface area contributed by atoms with Crippen molar-refractivity contribution in [2.24, 2.45) is 11.3 Å². The van der Waals surface area contributed by atoms with Crippen molar-refractivity contribution in [2.75, 3.05) is 39.3 Å². The normalized spacial score (nSPS) is 15.2. The van der Waals surface area contributed by atoms with Crippen LogP contribution in [0.25, 0.3) is 0 Å². The molecule has 0 fully saturated rings. The van der Waals surface area contributed by atoms with Crippen LogP contribution in [-0.2, 0) is 0 Å². The predicted octanol–water partition coefficient (Wildman–Crippen LogP) is 2.74. The molecule has 0 aromatic carbocycles. The van der Waals surface area contributed by atoms with E-state index in [1.165, 1.54) is 12.8 Å². The molecule has 1 atom stereocenters. The van der Waals surface area contributed by atoms with E-state index in [0.717, 1.165) is 39.1 Å². The topological polar surface area (TPSA) is 35.5 Å². The average Bonchev–Trinajstić information content (AvgIpc) is 2.34. The second-order valence-electron chi connectivity index (χ2n) is 6.53. The summed E-state index contributed by atoms with van der Waals surface area (Å²) in [6, 6.07) is 0. The van der Waals surface area contributed by atoms with E-state index in [1.54, 1.807) is 0 Å². The molecule has 0 aromatic rings. The molecule has 3 heteroatoms. The monoisotopic (exact) mass is 272 g/mol. The lowest BCUT2D eigenvalue weighted by Crippen LogP contribution is -2.43. The minimum absolute atomic E-state index is 0.298. The van der Waals surface area contributed by atoms with E-state index in [0.29, 0.717) is 17.9 Å². The molecule has 19 heavy (non-hydrogen) atoms. The molecule has 2 N–H and O–H groups in total. The van der Waals surface area contributed by atoms with Gasteiger partial charge in [-0.3, -0.25) is 0 Å². The summed E-state index contributed by atoms with van der Waals surface area (Å²) in [5, 5.41) is 12.6. The second kappa shape index (κ2) is 10.6. The van der Waals surface area contributed by atoms with Crippen molar-refractivity contribution in [1.82, 2.24) is 10.2 Å². The van der Waals surface area contributed by atoms with Gasteiger partial charge in [0.05, 0.1) is 0 Å². The minimum atomic E-state index is 0.298. The van der Waals surface area contributed by atoms with Gasteiger partial charge in [-0.05, 0) is 37.3 Å². The van der Waals surface area contributed by atoms with Crippen LogP contribution >= 0.6 is 0 Å². The van der Waals surface area contributed by atoms with Crippen LogP contribution in [0.1, 0.15) is 53.9 Å². The first-order valence-corrected chi connectivity index (χ1v) is 8.01. The summed E-state index contributed by atoms with van der Waals surface area (Å²) in [4.78, 5) is 2.48. The van der Waals surface area contributed by atoms with Crippen LogP contribution in [0.2, 0.25) is 0 Å². The Morgan fingerprint density at radius 2 is 1.95 bits per heavy atom. The molecule has 0 aliphatic heterocycles. The predicted molar refractivity (Wildman–Crippen MR) is 84.5 cm³/mol. The first kappa shape index (κ1) is 18.9. The Morgan fingerprint density at radius 3 is 2.42 bits per heavy atom. The molecular formula is C16H36N2O. The van der Waals surface area contributed by atoms with E-state index in [-0.39, 0.29) is 0 Å². The first-order chi connectivity index (χ1) is 8.97. The Morgan fingerprint density at radius 1 is 1.26 bits per heavy atom. The lowest BCUT2D eigenvalue weighted by molar-refractivity contribution is 0.143. The van der Waals surface area contributed by atoms with Gasteiger partial charge in [-0.2, -0.15) is 0 Å². The number of aliphatic hydroxyl groups is 1. The number of hydrogen-bond acceptors (Lipinski definition) is 3. The largest absolute Gasteiger partial charge is 0.396 e. The van der Waals surface area contributed by atoms with E-state index in [4.69, 9.17) is 5.11 Å². The molecule has 0 aromatic heterocycles. The second-order valence-corrected chi connectivity index (χ2v) is 6.53. The van der Waals surface area contributed by atoms with E-state index >= 15 is 0 Å². The zero-order chi connectivity index (χ0) is 14.7. The third-order valence-electron chi connectivity index (χ3n) is 3.64. The highest BCUT2D eigenvalue weighted by Gasteiger charge is 2.25. The molecule has 0 saturated carbocycles. The number of rotatable bonds is 12. The summed E-state index contributed by atoms with van der Waals surface area (Å²) >= 11 is 0. The van der Waals surface area contributed by atoms with Crippen LogP contribution in [-0.4, -0.2) is 49.3 Å². The molecular weight excluding hydrogens is 236 g/mol. The lowest BCUT2D eigenvalue weighted by atomic mass is 9.84. The summed E-state index contributed by atoms with van der Waals surface area (Å²) in [5.74, 6) is 0.711. The van der Waals surface area contributed by atoms with Crippen LogP contribution in [0.15, 0.2) is 0 Å². The van der Waals surface area contributed by atoms with Crippen LogP contribution in [0, 0.1) is 11.3 Å². The van der Waals surface area contributed by atoms with E-state index < -0.39 is 0 Å². The molecule has 0 amide bonds. The zero-order valence-electron chi connectivity index (χ0n) is 13.8. The van der Waals surface area contributed by atoms with Crippen LogP contribution in [0.3, 0.4) is 0 Å². The minimum Gasteiger partial charge on any atom is -0.396 e. The number of aliphatic hydroxyl groups excluding tert-OH is 1. The van der Waals surface area contributed by atoms with E-state index in [2.05, 4.69) is 44.8 Å². The molecule has 0 aliphatic rings. The van der Waals surface area contributed by atoms with Crippen LogP contribution in [0.4, 0.5) is 0 Å². The summed E-state index contributed by atoms with van der Waals surface area (Å²) in [5.41, 5.74) is 0.342. The summed E-state index contributed by atoms with van der Waals surface area (Å²) in [6.45, 7) is 17.1. The summed E-state index contributed by atoms with van der Waals surface area (Å²) < 4.78 is 0. The van der Waals surface area contributed by atoms with Crippen molar-refractivity contribution in [3.8, 4) is 0 Å². The molecule has 0 heterocycles. The maximum atomic E-state index is 8.98. The van der Waals surface area contributed by atoms with E-state index in [1.807, 2.05) is 0 Å². The molecule has 3 nitrogen and oxygen atoms in total.